The van der Waals surface area contributed by atoms with E-state index in [-0.39, 0.29) is 48.0 Å². The molecule has 2 fully saturated rings. The van der Waals surface area contributed by atoms with Crippen molar-refractivity contribution in [2.75, 3.05) is 18.5 Å². The van der Waals surface area contributed by atoms with Gasteiger partial charge in [0.15, 0.2) is 18.1 Å². The molecule has 2 aliphatic carbocycles. The summed E-state index contributed by atoms with van der Waals surface area (Å²) in [6, 6.07) is 11.8. The summed E-state index contributed by atoms with van der Waals surface area (Å²) < 4.78 is 11.3. The average molecular weight is 494 g/mol. The largest absolute Gasteiger partial charge is 0.490 e. The van der Waals surface area contributed by atoms with Crippen LogP contribution in [0.1, 0.15) is 18.9 Å². The maximum absolute atomic E-state index is 12.8. The van der Waals surface area contributed by atoms with Crippen LogP contribution in [0.25, 0.3) is 0 Å². The molecule has 0 spiro atoms. The Bertz CT molecular complexity index is 1200. The molecule has 3 amide bonds. The Balaban J connectivity index is 1.24. The number of allylic oxidation sites excluding steroid dienone is 2. The molecule has 35 heavy (non-hydrogen) atoms. The summed E-state index contributed by atoms with van der Waals surface area (Å²) in [7, 11) is 0. The second-order valence-corrected chi connectivity index (χ2v) is 9.15. The molecular weight excluding hydrogens is 470 g/mol. The van der Waals surface area contributed by atoms with Crippen molar-refractivity contribution in [2.45, 2.75) is 13.3 Å². The molecule has 9 heteroatoms. The first-order chi connectivity index (χ1) is 16.9. The lowest BCUT2D eigenvalue weighted by Gasteiger charge is -2.13. The minimum atomic E-state index is -0.333. The van der Waals surface area contributed by atoms with Gasteiger partial charge in [-0.2, -0.15) is 10.1 Å². The Morgan fingerprint density at radius 3 is 2.40 bits per heavy atom. The van der Waals surface area contributed by atoms with E-state index in [0.717, 1.165) is 11.4 Å². The van der Waals surface area contributed by atoms with Crippen molar-refractivity contribution in [3.8, 4) is 11.5 Å². The van der Waals surface area contributed by atoms with E-state index >= 15 is 0 Å². The van der Waals surface area contributed by atoms with Gasteiger partial charge in [0.2, 0.25) is 0 Å². The van der Waals surface area contributed by atoms with Gasteiger partial charge in [0, 0.05) is 10.7 Å². The number of nitrogens with zero attached hydrogens (tertiary/aromatic N) is 2. The van der Waals surface area contributed by atoms with E-state index in [1.165, 1.54) is 6.21 Å². The molecule has 5 rings (SSSR count). The Labute approximate surface area is 207 Å². The zero-order valence-corrected chi connectivity index (χ0v) is 19.8. The van der Waals surface area contributed by atoms with Crippen molar-refractivity contribution in [3.05, 3.63) is 65.2 Å². The van der Waals surface area contributed by atoms with E-state index in [9.17, 15) is 14.4 Å². The van der Waals surface area contributed by atoms with Crippen molar-refractivity contribution < 1.29 is 23.9 Å². The number of hydrogen-bond acceptors (Lipinski definition) is 6. The van der Waals surface area contributed by atoms with Gasteiger partial charge in [-0.05, 0) is 73.2 Å². The summed E-state index contributed by atoms with van der Waals surface area (Å²) in [5.41, 5.74) is 1.24. The van der Waals surface area contributed by atoms with E-state index in [1.807, 2.05) is 19.1 Å². The van der Waals surface area contributed by atoms with E-state index < -0.39 is 0 Å². The fraction of sp³-hybridized carbons (Fsp3) is 0.308. The average Bonchev–Trinajstić information content (AvgIpc) is 3.53. The zero-order valence-electron chi connectivity index (χ0n) is 19.0. The Morgan fingerprint density at radius 2 is 1.74 bits per heavy atom. The van der Waals surface area contributed by atoms with Gasteiger partial charge in [0.05, 0.1) is 24.7 Å². The molecule has 4 unspecified atom stereocenters. The number of benzene rings is 2. The molecule has 3 aliphatic rings. The van der Waals surface area contributed by atoms with E-state index in [4.69, 9.17) is 21.1 Å². The highest BCUT2D eigenvalue weighted by Gasteiger charge is 2.59. The van der Waals surface area contributed by atoms with Crippen LogP contribution in [0.3, 0.4) is 0 Å². The lowest BCUT2D eigenvalue weighted by atomic mass is 9.85. The number of hydrazone groups is 1. The number of carbonyl (C=O) groups is 3. The van der Waals surface area contributed by atoms with Gasteiger partial charge in [0.25, 0.3) is 17.7 Å². The van der Waals surface area contributed by atoms with Crippen molar-refractivity contribution in [1.82, 2.24) is 5.01 Å². The van der Waals surface area contributed by atoms with Crippen LogP contribution in [-0.2, 0) is 14.4 Å². The summed E-state index contributed by atoms with van der Waals surface area (Å²) >= 11 is 5.86. The van der Waals surface area contributed by atoms with Crippen LogP contribution in [-0.4, -0.2) is 42.2 Å². The maximum Gasteiger partial charge on any atom is 0.262 e. The lowest BCUT2D eigenvalue weighted by molar-refractivity contribution is -0.140. The molecule has 1 N–H and O–H groups in total. The van der Waals surface area contributed by atoms with E-state index in [0.29, 0.717) is 34.4 Å². The minimum absolute atomic E-state index is 0.138. The molecule has 1 aliphatic heterocycles. The standard InChI is InChI=1S/C26H24ClN3O5/c1-2-34-21-11-15(3-10-20(21)35-14-22(31)29-19-8-6-18(27)7-9-19)13-28-30-25(32)23-16-4-5-17(12-16)24(23)26(30)33/h3-11,13,16-17,23-24H,2,12,14H2,1H3,(H,29,31). The molecule has 1 heterocycles. The number of imide groups is 1. The van der Waals surface area contributed by atoms with Gasteiger partial charge in [0.1, 0.15) is 0 Å². The second-order valence-electron chi connectivity index (χ2n) is 8.72. The van der Waals surface area contributed by atoms with E-state index in [2.05, 4.69) is 10.4 Å². The summed E-state index contributed by atoms with van der Waals surface area (Å²) in [5.74, 6) is -0.282. The molecule has 4 atom stereocenters. The number of rotatable bonds is 8. The van der Waals surface area contributed by atoms with Gasteiger partial charge < -0.3 is 14.8 Å². The second kappa shape index (κ2) is 9.54. The molecule has 180 valence electrons. The number of fused-ring (bicyclic) bond motifs is 5. The number of hydrogen-bond donors (Lipinski definition) is 1. The number of anilines is 1. The summed E-state index contributed by atoms with van der Waals surface area (Å²) in [6.07, 6.45) is 6.44. The van der Waals surface area contributed by atoms with Crippen LogP contribution in [0.15, 0.2) is 59.7 Å². The Hall–Kier alpha value is -3.65. The SMILES string of the molecule is CCOc1cc(C=NN2C(=O)C3C4C=CC(C4)C3C2=O)ccc1OCC(=O)Nc1ccc(Cl)cc1. The van der Waals surface area contributed by atoms with Crippen LogP contribution in [0.2, 0.25) is 5.02 Å². The van der Waals surface area contributed by atoms with Crippen LogP contribution in [0.5, 0.6) is 11.5 Å². The topological polar surface area (TPSA) is 97.3 Å². The lowest BCUT2D eigenvalue weighted by Crippen LogP contribution is -2.28. The van der Waals surface area contributed by atoms with Gasteiger partial charge in [-0.3, -0.25) is 14.4 Å². The fourth-order valence-electron chi connectivity index (χ4n) is 4.99. The normalized spacial score (nSPS) is 24.3. The maximum atomic E-state index is 12.8. The third-order valence-electron chi connectivity index (χ3n) is 6.52. The van der Waals surface area contributed by atoms with E-state index in [1.54, 1.807) is 42.5 Å². The molecule has 1 saturated heterocycles. The van der Waals surface area contributed by atoms with Gasteiger partial charge in [-0.25, -0.2) is 0 Å². The quantitative estimate of drug-likeness (QED) is 0.342. The number of nitrogens with one attached hydrogen (secondary N) is 1. The molecular formula is C26H24ClN3O5. The van der Waals surface area contributed by atoms with Crippen LogP contribution in [0, 0.1) is 23.7 Å². The highest BCUT2D eigenvalue weighted by atomic mass is 35.5. The van der Waals surface area contributed by atoms with Gasteiger partial charge in [-0.1, -0.05) is 23.8 Å². The Morgan fingerprint density at radius 1 is 1.06 bits per heavy atom. The third kappa shape index (κ3) is 4.53. The number of ether oxygens (including phenoxy) is 2. The zero-order chi connectivity index (χ0) is 24.5. The minimum Gasteiger partial charge on any atom is -0.490 e. The fourth-order valence-corrected chi connectivity index (χ4v) is 5.12. The highest BCUT2D eigenvalue weighted by molar-refractivity contribution is 6.30. The van der Waals surface area contributed by atoms with Gasteiger partial charge >= 0.3 is 0 Å². The van der Waals surface area contributed by atoms with Crippen molar-refractivity contribution >= 4 is 41.2 Å². The van der Waals surface area contributed by atoms with Crippen LogP contribution >= 0.6 is 11.6 Å². The summed E-state index contributed by atoms with van der Waals surface area (Å²) in [5, 5.41) is 8.52. The first-order valence-electron chi connectivity index (χ1n) is 11.5. The van der Waals surface area contributed by atoms with Gasteiger partial charge in [-0.15, -0.1) is 0 Å². The van der Waals surface area contributed by atoms with Crippen LogP contribution in [0.4, 0.5) is 5.69 Å². The monoisotopic (exact) mass is 493 g/mol. The predicted octanol–water partition coefficient (Wildman–Crippen LogP) is 3.90. The molecule has 2 aromatic rings. The van der Waals surface area contributed by atoms with Crippen molar-refractivity contribution in [3.63, 3.8) is 0 Å². The molecule has 2 aromatic carbocycles. The summed E-state index contributed by atoms with van der Waals surface area (Å²) in [6.45, 7) is 2.00. The van der Waals surface area contributed by atoms with Crippen LogP contribution < -0.4 is 14.8 Å². The summed E-state index contributed by atoms with van der Waals surface area (Å²) in [4.78, 5) is 37.8. The first-order valence-corrected chi connectivity index (χ1v) is 11.9. The smallest absolute Gasteiger partial charge is 0.262 e. The number of amides is 3. The predicted molar refractivity (Wildman–Crippen MR) is 130 cm³/mol. The number of carbonyl (C=O) groups excluding carboxylic acids is 3. The molecule has 8 nitrogen and oxygen atoms in total. The first kappa shape index (κ1) is 23.1. The third-order valence-corrected chi connectivity index (χ3v) is 6.78. The highest BCUT2D eigenvalue weighted by Crippen LogP contribution is 2.52. The van der Waals surface area contributed by atoms with Crippen molar-refractivity contribution in [1.29, 1.82) is 0 Å². The van der Waals surface area contributed by atoms with Crippen molar-refractivity contribution in [2.24, 2.45) is 28.8 Å². The molecule has 2 bridgehead atoms. The number of halogens is 1. The molecule has 1 saturated carbocycles. The molecule has 0 aromatic heterocycles. The molecule has 0 radical (unpaired) electrons. The Kier molecular flexibility index (Phi) is 6.30.